The van der Waals surface area contributed by atoms with Crippen molar-refractivity contribution in [1.29, 1.82) is 0 Å². The first-order chi connectivity index (χ1) is 10.7. The highest BCUT2D eigenvalue weighted by Crippen LogP contribution is 2.33. The molecule has 4 nitrogen and oxygen atoms in total. The van der Waals surface area contributed by atoms with Crippen LogP contribution in [0.25, 0.3) is 5.03 Å². The Hall–Kier alpha value is -1.52. The van der Waals surface area contributed by atoms with Crippen molar-refractivity contribution in [1.82, 2.24) is 10.2 Å². The quantitative estimate of drug-likeness (QED) is 0.911. The van der Waals surface area contributed by atoms with E-state index in [9.17, 15) is 4.79 Å². The number of ether oxygens (including phenoxy) is 1. The molecular formula is C17H19ClN2O2. The number of halogens is 1. The highest BCUT2D eigenvalue weighted by atomic mass is 35.5. The molecule has 1 amide bonds. The molecule has 4 heterocycles. The molecule has 116 valence electrons. The van der Waals surface area contributed by atoms with Crippen molar-refractivity contribution >= 4 is 22.5 Å². The second-order valence-electron chi connectivity index (χ2n) is 6.29. The van der Waals surface area contributed by atoms with E-state index in [-0.39, 0.29) is 11.9 Å². The molecule has 22 heavy (non-hydrogen) atoms. The molecule has 3 saturated heterocycles. The molecule has 0 radical (unpaired) electrons. The minimum atomic E-state index is -0.0178. The largest absolute Gasteiger partial charge is 0.489 e. The summed E-state index contributed by atoms with van der Waals surface area (Å²) >= 11 is 6.15. The fourth-order valence-electron chi connectivity index (χ4n) is 3.68. The Balaban J connectivity index is 1.50. The van der Waals surface area contributed by atoms with E-state index in [1.165, 1.54) is 25.9 Å². The van der Waals surface area contributed by atoms with Gasteiger partial charge >= 0.3 is 0 Å². The summed E-state index contributed by atoms with van der Waals surface area (Å²) < 4.78 is 5.57. The Bertz CT molecular complexity index is 636. The molecule has 0 unspecified atom stereocenters. The number of nitrogens with one attached hydrogen (secondary N) is 1. The first kappa shape index (κ1) is 14.1. The molecule has 2 bridgehead atoms. The van der Waals surface area contributed by atoms with E-state index < -0.39 is 0 Å². The number of piperidine rings is 3. The van der Waals surface area contributed by atoms with Gasteiger partial charge < -0.3 is 15.0 Å². The van der Waals surface area contributed by atoms with Crippen LogP contribution in [0.1, 0.15) is 28.8 Å². The molecule has 1 atom stereocenters. The summed E-state index contributed by atoms with van der Waals surface area (Å²) in [4.78, 5) is 15.0. The number of carbonyl (C=O) groups excluding carboxylic acids is 1. The van der Waals surface area contributed by atoms with Gasteiger partial charge in [0, 0.05) is 23.7 Å². The fraction of sp³-hybridized carbons (Fsp3) is 0.471. The molecule has 3 fully saturated rings. The summed E-state index contributed by atoms with van der Waals surface area (Å²) in [6.45, 7) is 3.78. The normalized spacial score (nSPS) is 29.3. The average Bonchev–Trinajstić information content (AvgIpc) is 2.56. The maximum absolute atomic E-state index is 12.5. The van der Waals surface area contributed by atoms with Crippen LogP contribution < -0.4 is 10.1 Å². The van der Waals surface area contributed by atoms with Crippen LogP contribution in [-0.4, -0.2) is 43.1 Å². The van der Waals surface area contributed by atoms with Crippen LogP contribution in [0.4, 0.5) is 0 Å². The zero-order valence-corrected chi connectivity index (χ0v) is 13.1. The summed E-state index contributed by atoms with van der Waals surface area (Å²) in [5.41, 5.74) is 1.49. The first-order valence-corrected chi connectivity index (χ1v) is 8.24. The second kappa shape index (κ2) is 5.60. The topological polar surface area (TPSA) is 41.6 Å². The second-order valence-corrected chi connectivity index (χ2v) is 6.70. The number of benzene rings is 1. The lowest BCUT2D eigenvalue weighted by molar-refractivity contribution is 0.0620. The van der Waals surface area contributed by atoms with Crippen molar-refractivity contribution in [2.75, 3.05) is 26.2 Å². The third-order valence-electron chi connectivity index (χ3n) is 4.98. The van der Waals surface area contributed by atoms with Crippen molar-refractivity contribution in [2.45, 2.75) is 18.9 Å². The lowest BCUT2D eigenvalue weighted by Crippen LogP contribution is -2.57. The van der Waals surface area contributed by atoms with Crippen LogP contribution in [-0.2, 0) is 0 Å². The van der Waals surface area contributed by atoms with Crippen molar-refractivity contribution in [2.24, 2.45) is 5.92 Å². The Morgan fingerprint density at radius 2 is 2.14 bits per heavy atom. The van der Waals surface area contributed by atoms with Gasteiger partial charge in [0.2, 0.25) is 0 Å². The Morgan fingerprint density at radius 3 is 2.86 bits per heavy atom. The number of amides is 1. The lowest BCUT2D eigenvalue weighted by atomic mass is 9.84. The molecule has 0 aliphatic carbocycles. The third kappa shape index (κ3) is 2.50. The van der Waals surface area contributed by atoms with Gasteiger partial charge in [0.05, 0.1) is 5.03 Å². The van der Waals surface area contributed by atoms with E-state index in [4.69, 9.17) is 16.3 Å². The van der Waals surface area contributed by atoms with E-state index in [1.54, 1.807) is 6.07 Å². The molecule has 5 heteroatoms. The minimum absolute atomic E-state index is 0.0178. The van der Waals surface area contributed by atoms with E-state index in [0.29, 0.717) is 28.9 Å². The zero-order chi connectivity index (χ0) is 15.1. The highest BCUT2D eigenvalue weighted by molar-refractivity contribution is 6.49. The van der Waals surface area contributed by atoms with Crippen LogP contribution in [0.5, 0.6) is 5.75 Å². The highest BCUT2D eigenvalue weighted by Gasteiger charge is 2.35. The van der Waals surface area contributed by atoms with Gasteiger partial charge in [-0.25, -0.2) is 0 Å². The molecule has 0 spiro atoms. The van der Waals surface area contributed by atoms with E-state index in [0.717, 1.165) is 12.1 Å². The SMILES string of the molecule is O=C(N[C@H]1CN2CCC1CC2)c1ccc2c(c1)OCC=C2Cl. The van der Waals surface area contributed by atoms with Gasteiger partial charge in [-0.3, -0.25) is 4.79 Å². The Kier molecular flexibility index (Phi) is 3.59. The molecule has 1 aromatic carbocycles. The van der Waals surface area contributed by atoms with E-state index >= 15 is 0 Å². The van der Waals surface area contributed by atoms with Crippen LogP contribution in [0, 0.1) is 5.92 Å². The van der Waals surface area contributed by atoms with Gasteiger partial charge in [0.25, 0.3) is 5.91 Å². The smallest absolute Gasteiger partial charge is 0.251 e. The van der Waals surface area contributed by atoms with E-state index in [1.807, 2.05) is 18.2 Å². The predicted molar refractivity (Wildman–Crippen MR) is 86.2 cm³/mol. The monoisotopic (exact) mass is 318 g/mol. The van der Waals surface area contributed by atoms with Crippen LogP contribution in [0.15, 0.2) is 24.3 Å². The Morgan fingerprint density at radius 1 is 1.32 bits per heavy atom. The molecule has 0 saturated carbocycles. The standard InChI is InChI=1S/C17H19ClN2O2/c18-14-5-8-22-16-9-12(1-2-13(14)16)17(21)19-15-10-20-6-3-11(15)4-7-20/h1-2,5,9,11,15H,3-4,6-8,10H2,(H,19,21)/t15-/m0/s1. The van der Waals surface area contributed by atoms with Crippen LogP contribution >= 0.6 is 11.6 Å². The van der Waals surface area contributed by atoms with Crippen molar-refractivity contribution in [3.63, 3.8) is 0 Å². The number of hydrogen-bond donors (Lipinski definition) is 1. The van der Waals surface area contributed by atoms with Gasteiger partial charge in [0.1, 0.15) is 12.4 Å². The first-order valence-electron chi connectivity index (χ1n) is 7.87. The summed E-state index contributed by atoms with van der Waals surface area (Å²) in [7, 11) is 0. The van der Waals surface area contributed by atoms with Crippen molar-refractivity contribution < 1.29 is 9.53 Å². The fourth-order valence-corrected chi connectivity index (χ4v) is 3.89. The number of hydrogen-bond acceptors (Lipinski definition) is 3. The van der Waals surface area contributed by atoms with Crippen molar-refractivity contribution in [3.8, 4) is 5.75 Å². The maximum atomic E-state index is 12.5. The molecule has 0 aromatic heterocycles. The van der Waals surface area contributed by atoms with Gasteiger partial charge in [-0.1, -0.05) is 11.6 Å². The van der Waals surface area contributed by atoms with Crippen molar-refractivity contribution in [3.05, 3.63) is 35.4 Å². The molecule has 4 aliphatic heterocycles. The van der Waals surface area contributed by atoms with Crippen LogP contribution in [0.3, 0.4) is 0 Å². The molecule has 5 rings (SSSR count). The third-order valence-corrected chi connectivity index (χ3v) is 5.33. The zero-order valence-electron chi connectivity index (χ0n) is 12.3. The molecule has 1 aromatic rings. The summed E-state index contributed by atoms with van der Waals surface area (Å²) in [6, 6.07) is 5.75. The average molecular weight is 319 g/mol. The summed E-state index contributed by atoms with van der Waals surface area (Å²) in [5, 5.41) is 3.89. The summed E-state index contributed by atoms with van der Waals surface area (Å²) in [6.07, 6.45) is 4.22. The number of rotatable bonds is 2. The molecular weight excluding hydrogens is 300 g/mol. The maximum Gasteiger partial charge on any atom is 0.251 e. The van der Waals surface area contributed by atoms with Crippen LogP contribution in [0.2, 0.25) is 0 Å². The number of fused-ring (bicyclic) bond motifs is 4. The van der Waals surface area contributed by atoms with Gasteiger partial charge in [-0.15, -0.1) is 0 Å². The van der Waals surface area contributed by atoms with Gasteiger partial charge in [-0.2, -0.15) is 0 Å². The predicted octanol–water partition coefficient (Wildman–Crippen LogP) is 2.48. The summed E-state index contributed by atoms with van der Waals surface area (Å²) in [5.74, 6) is 1.30. The van der Waals surface area contributed by atoms with Gasteiger partial charge in [-0.05, 0) is 56.1 Å². The minimum Gasteiger partial charge on any atom is -0.489 e. The Labute approximate surface area is 135 Å². The number of nitrogens with zero attached hydrogens (tertiary/aromatic N) is 1. The molecule has 4 aliphatic rings. The lowest BCUT2D eigenvalue weighted by Gasteiger charge is -2.44. The van der Waals surface area contributed by atoms with Gasteiger partial charge in [0.15, 0.2) is 0 Å². The molecule has 1 N–H and O–H groups in total. The number of carbonyl (C=O) groups is 1. The van der Waals surface area contributed by atoms with E-state index in [2.05, 4.69) is 10.2 Å².